The fourth-order valence-electron chi connectivity index (χ4n) is 1.41. The molecule has 18 heavy (non-hydrogen) atoms. The van der Waals surface area contributed by atoms with Crippen LogP contribution < -0.4 is 4.72 Å². The highest BCUT2D eigenvalue weighted by Crippen LogP contribution is 2.15. The lowest BCUT2D eigenvalue weighted by Crippen LogP contribution is -2.24. The molecule has 0 aliphatic heterocycles. The quantitative estimate of drug-likeness (QED) is 0.467. The maximum absolute atomic E-state index is 11.8. The van der Waals surface area contributed by atoms with E-state index in [9.17, 15) is 18.5 Å². The van der Waals surface area contributed by atoms with Gasteiger partial charge in [0.25, 0.3) is 5.69 Å². The van der Waals surface area contributed by atoms with Crippen molar-refractivity contribution in [3.8, 4) is 0 Å². The number of non-ortho nitro benzene ring substituents is 1. The van der Waals surface area contributed by atoms with Gasteiger partial charge in [-0.25, -0.2) is 13.1 Å². The summed E-state index contributed by atoms with van der Waals surface area (Å²) in [5.41, 5.74) is -0.125. The monoisotopic (exact) mass is 272 g/mol. The predicted molar refractivity (Wildman–Crippen MR) is 67.8 cm³/mol. The van der Waals surface area contributed by atoms with E-state index in [0.717, 1.165) is 19.3 Å². The van der Waals surface area contributed by atoms with Crippen molar-refractivity contribution >= 4 is 15.7 Å². The van der Waals surface area contributed by atoms with Crippen molar-refractivity contribution in [3.63, 3.8) is 0 Å². The number of hydrogen-bond donors (Lipinski definition) is 1. The van der Waals surface area contributed by atoms with Crippen molar-refractivity contribution in [2.75, 3.05) is 6.54 Å². The summed E-state index contributed by atoms with van der Waals surface area (Å²) in [5, 5.41) is 10.4. The third kappa shape index (κ3) is 4.08. The number of nitrogens with one attached hydrogen (secondary N) is 1. The Balaban J connectivity index is 2.70. The first-order chi connectivity index (χ1) is 8.47. The van der Waals surface area contributed by atoms with E-state index in [1.165, 1.54) is 24.3 Å². The largest absolute Gasteiger partial charge is 0.269 e. The third-order valence-electron chi connectivity index (χ3n) is 2.43. The fraction of sp³-hybridized carbons (Fsp3) is 0.455. The summed E-state index contributed by atoms with van der Waals surface area (Å²) in [5.74, 6) is 0. The Labute approximate surface area is 106 Å². The van der Waals surface area contributed by atoms with E-state index in [0.29, 0.717) is 6.54 Å². The summed E-state index contributed by atoms with van der Waals surface area (Å²) in [6, 6.07) is 4.84. The van der Waals surface area contributed by atoms with Gasteiger partial charge in [-0.1, -0.05) is 19.8 Å². The highest BCUT2D eigenvalue weighted by molar-refractivity contribution is 7.89. The average molecular weight is 272 g/mol. The van der Waals surface area contributed by atoms with E-state index in [2.05, 4.69) is 4.72 Å². The summed E-state index contributed by atoms with van der Waals surface area (Å²) in [6.07, 6.45) is 2.75. The first kappa shape index (κ1) is 14.6. The van der Waals surface area contributed by atoms with Crippen molar-refractivity contribution in [2.24, 2.45) is 0 Å². The van der Waals surface area contributed by atoms with Crippen LogP contribution in [0.25, 0.3) is 0 Å². The van der Waals surface area contributed by atoms with E-state index in [4.69, 9.17) is 0 Å². The van der Waals surface area contributed by atoms with Gasteiger partial charge in [-0.3, -0.25) is 10.1 Å². The molecule has 0 saturated heterocycles. The molecule has 0 saturated carbocycles. The molecule has 6 nitrogen and oxygen atoms in total. The van der Waals surface area contributed by atoms with Crippen LogP contribution in [0.1, 0.15) is 26.2 Å². The highest BCUT2D eigenvalue weighted by Gasteiger charge is 2.14. The van der Waals surface area contributed by atoms with Gasteiger partial charge in [0.15, 0.2) is 0 Å². The Morgan fingerprint density at radius 3 is 2.33 bits per heavy atom. The summed E-state index contributed by atoms with van der Waals surface area (Å²) in [4.78, 5) is 9.93. The molecule has 0 bridgehead atoms. The topological polar surface area (TPSA) is 89.3 Å². The number of nitro groups is 1. The zero-order chi connectivity index (χ0) is 13.6. The van der Waals surface area contributed by atoms with Crippen molar-refractivity contribution in [1.29, 1.82) is 0 Å². The molecule has 1 aromatic rings. The first-order valence-electron chi connectivity index (χ1n) is 5.71. The average Bonchev–Trinajstić information content (AvgIpc) is 2.35. The van der Waals surface area contributed by atoms with Crippen LogP contribution in [0, 0.1) is 10.1 Å². The summed E-state index contributed by atoms with van der Waals surface area (Å²) < 4.78 is 26.1. The lowest BCUT2D eigenvalue weighted by molar-refractivity contribution is -0.384. The Kier molecular flexibility index (Phi) is 5.24. The summed E-state index contributed by atoms with van der Waals surface area (Å²) in [6.45, 7) is 2.41. The van der Waals surface area contributed by atoms with Gasteiger partial charge in [-0.05, 0) is 18.6 Å². The second-order valence-corrected chi connectivity index (χ2v) is 5.62. The molecule has 0 unspecified atom stereocenters. The minimum Gasteiger partial charge on any atom is -0.258 e. The molecule has 0 atom stereocenters. The Morgan fingerprint density at radius 2 is 1.83 bits per heavy atom. The van der Waals surface area contributed by atoms with E-state index >= 15 is 0 Å². The van der Waals surface area contributed by atoms with Crippen LogP contribution in [0.3, 0.4) is 0 Å². The van der Waals surface area contributed by atoms with Gasteiger partial charge in [0.2, 0.25) is 10.0 Å². The zero-order valence-corrected chi connectivity index (χ0v) is 10.9. The highest BCUT2D eigenvalue weighted by atomic mass is 32.2. The number of nitrogens with zero attached hydrogens (tertiary/aromatic N) is 1. The fourth-order valence-corrected chi connectivity index (χ4v) is 2.49. The van der Waals surface area contributed by atoms with Crippen LogP contribution >= 0.6 is 0 Å². The van der Waals surface area contributed by atoms with Crippen LogP contribution in [-0.4, -0.2) is 19.9 Å². The molecular formula is C11H16N2O4S. The molecule has 0 fully saturated rings. The molecule has 0 aliphatic carbocycles. The van der Waals surface area contributed by atoms with Crippen LogP contribution in [0.2, 0.25) is 0 Å². The van der Waals surface area contributed by atoms with E-state index in [-0.39, 0.29) is 10.6 Å². The smallest absolute Gasteiger partial charge is 0.258 e. The molecular weight excluding hydrogens is 256 g/mol. The van der Waals surface area contributed by atoms with Crippen LogP contribution in [0.4, 0.5) is 5.69 Å². The number of sulfonamides is 1. The molecule has 1 rings (SSSR count). The predicted octanol–water partition coefficient (Wildman–Crippen LogP) is 2.06. The number of benzene rings is 1. The minimum absolute atomic E-state index is 0.0459. The molecule has 0 spiro atoms. The molecule has 0 heterocycles. The van der Waals surface area contributed by atoms with Gasteiger partial charge < -0.3 is 0 Å². The third-order valence-corrected chi connectivity index (χ3v) is 3.91. The van der Waals surface area contributed by atoms with Crippen molar-refractivity contribution < 1.29 is 13.3 Å². The standard InChI is InChI=1S/C11H16N2O4S/c1-2-3-4-9-12-18(16,17)11-7-5-10(6-8-11)13(14)15/h5-8,12H,2-4,9H2,1H3. The van der Waals surface area contributed by atoms with Gasteiger partial charge >= 0.3 is 0 Å². The molecule has 1 N–H and O–H groups in total. The number of nitro benzene ring substituents is 1. The van der Waals surface area contributed by atoms with Crippen LogP contribution in [-0.2, 0) is 10.0 Å². The minimum atomic E-state index is -3.56. The molecule has 100 valence electrons. The number of rotatable bonds is 7. The lowest BCUT2D eigenvalue weighted by Gasteiger charge is -2.05. The van der Waals surface area contributed by atoms with Gasteiger partial charge in [0, 0.05) is 18.7 Å². The molecule has 0 aliphatic rings. The van der Waals surface area contributed by atoms with Gasteiger partial charge in [0.1, 0.15) is 0 Å². The van der Waals surface area contributed by atoms with Crippen molar-refractivity contribution in [2.45, 2.75) is 31.1 Å². The Bertz CT molecular complexity index is 496. The van der Waals surface area contributed by atoms with Gasteiger partial charge in [0.05, 0.1) is 9.82 Å². The van der Waals surface area contributed by atoms with Crippen molar-refractivity contribution in [3.05, 3.63) is 34.4 Å². The second kappa shape index (κ2) is 6.46. The second-order valence-electron chi connectivity index (χ2n) is 3.86. The first-order valence-corrected chi connectivity index (χ1v) is 7.20. The SMILES string of the molecule is CCCCCNS(=O)(=O)c1ccc([N+](=O)[O-])cc1. The molecule has 0 amide bonds. The maximum Gasteiger partial charge on any atom is 0.269 e. The van der Waals surface area contributed by atoms with Gasteiger partial charge in [-0.2, -0.15) is 0 Å². The number of hydrogen-bond acceptors (Lipinski definition) is 4. The maximum atomic E-state index is 11.8. The molecule has 1 aromatic carbocycles. The molecule has 7 heteroatoms. The van der Waals surface area contributed by atoms with Crippen LogP contribution in [0.5, 0.6) is 0 Å². The van der Waals surface area contributed by atoms with Crippen molar-refractivity contribution in [1.82, 2.24) is 4.72 Å². The normalized spacial score (nSPS) is 11.4. The summed E-state index contributed by atoms with van der Waals surface area (Å²) >= 11 is 0. The Hall–Kier alpha value is -1.47. The molecule has 0 aromatic heterocycles. The van der Waals surface area contributed by atoms with Gasteiger partial charge in [-0.15, -0.1) is 0 Å². The number of unbranched alkanes of at least 4 members (excludes halogenated alkanes) is 2. The lowest BCUT2D eigenvalue weighted by atomic mass is 10.3. The van der Waals surface area contributed by atoms with E-state index in [1.54, 1.807) is 0 Å². The molecule has 0 radical (unpaired) electrons. The van der Waals surface area contributed by atoms with E-state index < -0.39 is 14.9 Å². The van der Waals surface area contributed by atoms with Crippen LogP contribution in [0.15, 0.2) is 29.2 Å². The Morgan fingerprint density at radius 1 is 1.22 bits per heavy atom. The van der Waals surface area contributed by atoms with E-state index in [1.807, 2.05) is 6.92 Å². The zero-order valence-electron chi connectivity index (χ0n) is 10.1. The summed E-state index contributed by atoms with van der Waals surface area (Å²) in [7, 11) is -3.56.